The van der Waals surface area contributed by atoms with Gasteiger partial charge in [-0.15, -0.1) is 0 Å². The molecule has 0 amide bonds. The van der Waals surface area contributed by atoms with Crippen LogP contribution in [0, 0.1) is 13.8 Å². The molecule has 1 fully saturated rings. The minimum Gasteiger partial charge on any atom is -0.329 e. The Hall–Kier alpha value is -0.920. The molecule has 7 heteroatoms. The van der Waals surface area contributed by atoms with E-state index in [1.807, 2.05) is 11.6 Å². The topological polar surface area (TPSA) is 90.0 Å². The van der Waals surface area contributed by atoms with Gasteiger partial charge in [0.05, 0.1) is 17.4 Å². The fraction of sp³-hybridized carbons (Fsp3) is 0.769. The van der Waals surface area contributed by atoms with Gasteiger partial charge in [0.1, 0.15) is 4.90 Å². The maximum absolute atomic E-state index is 12.5. The van der Waals surface area contributed by atoms with E-state index in [0.29, 0.717) is 16.6 Å². The molecule has 0 bridgehead atoms. The van der Waals surface area contributed by atoms with Gasteiger partial charge >= 0.3 is 0 Å². The number of nitrogens with one attached hydrogen (secondary N) is 1. The Balaban J connectivity index is 2.37. The van der Waals surface area contributed by atoms with Crippen LogP contribution in [0.25, 0.3) is 0 Å². The van der Waals surface area contributed by atoms with Gasteiger partial charge in [-0.05, 0) is 33.6 Å². The maximum atomic E-state index is 12.5. The average molecular weight is 300 g/mol. The number of hydrogen-bond acceptors (Lipinski definition) is 4. The van der Waals surface area contributed by atoms with Crippen LogP contribution in [0.2, 0.25) is 0 Å². The monoisotopic (exact) mass is 300 g/mol. The summed E-state index contributed by atoms with van der Waals surface area (Å²) < 4.78 is 29.4. The minimum absolute atomic E-state index is 0.272. The van der Waals surface area contributed by atoms with Gasteiger partial charge in [0.2, 0.25) is 10.0 Å². The summed E-state index contributed by atoms with van der Waals surface area (Å²) in [5.41, 5.74) is 6.78. The number of hydrogen-bond donors (Lipinski definition) is 2. The van der Waals surface area contributed by atoms with Crippen LogP contribution in [0.5, 0.6) is 0 Å². The summed E-state index contributed by atoms with van der Waals surface area (Å²) >= 11 is 0. The summed E-state index contributed by atoms with van der Waals surface area (Å²) in [6.07, 6.45) is 4.53. The molecule has 0 aromatic carbocycles. The fourth-order valence-electron chi connectivity index (χ4n) is 2.91. The van der Waals surface area contributed by atoms with Crippen molar-refractivity contribution in [2.24, 2.45) is 5.73 Å². The molecule has 0 radical (unpaired) electrons. The van der Waals surface area contributed by atoms with Gasteiger partial charge in [-0.2, -0.15) is 5.10 Å². The van der Waals surface area contributed by atoms with Gasteiger partial charge in [-0.3, -0.25) is 4.68 Å². The van der Waals surface area contributed by atoms with Crippen molar-refractivity contribution < 1.29 is 8.42 Å². The molecule has 0 saturated heterocycles. The lowest BCUT2D eigenvalue weighted by Gasteiger charge is -2.14. The predicted molar refractivity (Wildman–Crippen MR) is 78.0 cm³/mol. The van der Waals surface area contributed by atoms with E-state index in [0.717, 1.165) is 18.5 Å². The van der Waals surface area contributed by atoms with Crippen molar-refractivity contribution in [1.29, 1.82) is 0 Å². The summed E-state index contributed by atoms with van der Waals surface area (Å²) in [5, 5.41) is 4.46. The molecule has 1 aliphatic rings. The van der Waals surface area contributed by atoms with Crippen molar-refractivity contribution in [1.82, 2.24) is 14.5 Å². The van der Waals surface area contributed by atoms with Crippen LogP contribution in [0.3, 0.4) is 0 Å². The fourth-order valence-corrected chi connectivity index (χ4v) is 4.57. The molecule has 1 aromatic heterocycles. The molecule has 2 rings (SSSR count). The van der Waals surface area contributed by atoms with E-state index in [4.69, 9.17) is 5.73 Å². The zero-order valence-electron chi connectivity index (χ0n) is 12.4. The van der Waals surface area contributed by atoms with Gasteiger partial charge in [0.15, 0.2) is 0 Å². The average Bonchev–Trinajstić information content (AvgIpc) is 2.96. The van der Waals surface area contributed by atoms with Crippen molar-refractivity contribution >= 4 is 10.0 Å². The molecule has 1 heterocycles. The van der Waals surface area contributed by atoms with Crippen LogP contribution < -0.4 is 10.5 Å². The van der Waals surface area contributed by atoms with E-state index in [9.17, 15) is 8.42 Å². The lowest BCUT2D eigenvalue weighted by atomic mass is 10.2. The summed E-state index contributed by atoms with van der Waals surface area (Å²) in [6.45, 7) is 5.61. The largest absolute Gasteiger partial charge is 0.329 e. The number of rotatable bonds is 5. The van der Waals surface area contributed by atoms with Gasteiger partial charge in [-0.25, -0.2) is 13.1 Å². The second kappa shape index (κ2) is 5.83. The number of sulfonamides is 1. The quantitative estimate of drug-likeness (QED) is 0.856. The highest BCUT2D eigenvalue weighted by Crippen LogP contribution is 2.32. The molecular formula is C13H24N4O2S. The zero-order valence-corrected chi connectivity index (χ0v) is 13.2. The highest BCUT2D eigenvalue weighted by Gasteiger charge is 2.29. The highest BCUT2D eigenvalue weighted by molar-refractivity contribution is 7.89. The molecule has 114 valence electrons. The summed E-state index contributed by atoms with van der Waals surface area (Å²) in [6, 6.07) is 0.0539. The second-order valence-electron chi connectivity index (χ2n) is 5.64. The van der Waals surface area contributed by atoms with Crippen LogP contribution in [-0.4, -0.2) is 30.8 Å². The molecule has 1 saturated carbocycles. The zero-order chi connectivity index (χ0) is 14.9. The molecule has 1 atom stereocenters. The Morgan fingerprint density at radius 3 is 2.55 bits per heavy atom. The van der Waals surface area contributed by atoms with Crippen molar-refractivity contribution in [3.63, 3.8) is 0 Å². The van der Waals surface area contributed by atoms with Gasteiger partial charge < -0.3 is 5.73 Å². The molecule has 1 unspecified atom stereocenters. The van der Waals surface area contributed by atoms with Crippen LogP contribution >= 0.6 is 0 Å². The molecular weight excluding hydrogens is 276 g/mol. The van der Waals surface area contributed by atoms with Gasteiger partial charge in [0.25, 0.3) is 0 Å². The third kappa shape index (κ3) is 2.89. The molecule has 0 spiro atoms. The van der Waals surface area contributed by atoms with Gasteiger partial charge in [-0.1, -0.05) is 12.8 Å². The third-order valence-corrected chi connectivity index (χ3v) is 5.75. The van der Waals surface area contributed by atoms with E-state index in [1.165, 1.54) is 12.8 Å². The van der Waals surface area contributed by atoms with Crippen molar-refractivity contribution in [3.05, 3.63) is 11.4 Å². The maximum Gasteiger partial charge on any atom is 0.244 e. The number of aryl methyl sites for hydroxylation is 1. The van der Waals surface area contributed by atoms with Crippen molar-refractivity contribution in [3.8, 4) is 0 Å². The molecule has 6 nitrogen and oxygen atoms in total. The SMILES string of the molecule is Cc1nn(C2CCCC2)c(C)c1S(=O)(=O)NC(C)CN. The molecule has 3 N–H and O–H groups in total. The lowest BCUT2D eigenvalue weighted by Crippen LogP contribution is -2.38. The standard InChI is InChI=1S/C13H24N4O2S/c1-9(8-14)16-20(18,19)13-10(2)15-17(11(13)3)12-6-4-5-7-12/h9,12,16H,4-8,14H2,1-3H3. The Morgan fingerprint density at radius 1 is 1.40 bits per heavy atom. The van der Waals surface area contributed by atoms with E-state index >= 15 is 0 Å². The van der Waals surface area contributed by atoms with Crippen LogP contribution in [0.15, 0.2) is 4.90 Å². The first kappa shape index (κ1) is 15.5. The normalized spacial score (nSPS) is 18.6. The number of nitrogens with two attached hydrogens (primary N) is 1. The Bertz CT molecular complexity index is 573. The molecule has 20 heavy (non-hydrogen) atoms. The predicted octanol–water partition coefficient (Wildman–Crippen LogP) is 1.24. The minimum atomic E-state index is -3.56. The van der Waals surface area contributed by atoms with Crippen LogP contribution in [0.1, 0.15) is 50.0 Å². The van der Waals surface area contributed by atoms with E-state index in [2.05, 4.69) is 9.82 Å². The first-order chi connectivity index (χ1) is 9.36. The molecule has 0 aliphatic heterocycles. The second-order valence-corrected chi connectivity index (χ2v) is 7.29. The first-order valence-electron chi connectivity index (χ1n) is 7.15. The third-order valence-electron chi connectivity index (χ3n) is 3.91. The van der Waals surface area contributed by atoms with E-state index in [-0.39, 0.29) is 12.6 Å². The van der Waals surface area contributed by atoms with Crippen LogP contribution in [-0.2, 0) is 10.0 Å². The first-order valence-corrected chi connectivity index (χ1v) is 8.63. The van der Waals surface area contributed by atoms with Crippen molar-refractivity contribution in [2.45, 2.75) is 63.4 Å². The smallest absolute Gasteiger partial charge is 0.244 e. The Morgan fingerprint density at radius 2 is 2.00 bits per heavy atom. The molecule has 1 aromatic rings. The summed E-state index contributed by atoms with van der Waals surface area (Å²) in [5.74, 6) is 0. The summed E-state index contributed by atoms with van der Waals surface area (Å²) in [7, 11) is -3.56. The number of nitrogens with zero attached hydrogens (tertiary/aromatic N) is 2. The van der Waals surface area contributed by atoms with Crippen LogP contribution in [0.4, 0.5) is 0 Å². The van der Waals surface area contributed by atoms with Gasteiger partial charge in [0, 0.05) is 12.6 Å². The summed E-state index contributed by atoms with van der Waals surface area (Å²) in [4.78, 5) is 0.310. The number of aromatic nitrogens is 2. The Kier molecular flexibility index (Phi) is 4.51. The highest BCUT2D eigenvalue weighted by atomic mass is 32.2. The molecule has 1 aliphatic carbocycles. The lowest BCUT2D eigenvalue weighted by molar-refractivity contribution is 0.453. The Labute approximate surface area is 120 Å². The van der Waals surface area contributed by atoms with E-state index in [1.54, 1.807) is 13.8 Å². The van der Waals surface area contributed by atoms with Crippen molar-refractivity contribution in [2.75, 3.05) is 6.54 Å². The van der Waals surface area contributed by atoms with E-state index < -0.39 is 10.0 Å².